The number of alkyl carbamates (subject to hydrolysis) is 1. The minimum absolute atomic E-state index is 0.0816. The second-order valence-corrected chi connectivity index (χ2v) is 6.94. The fourth-order valence-corrected chi connectivity index (χ4v) is 2.76. The molecule has 1 aromatic rings. The highest BCUT2D eigenvalue weighted by atomic mass is 16.6. The Balaban J connectivity index is 1.94. The standard InChI is InChI=1S/C17H26N2O2/c1-16(2,3)21-15(20)19-13-17(9-10-18-12-17)11-14-7-5-4-6-8-14/h4-8,18H,9-13H2,1-3H3,(H,19,20). The van der Waals surface area contributed by atoms with Crippen molar-refractivity contribution in [1.29, 1.82) is 0 Å². The summed E-state index contributed by atoms with van der Waals surface area (Å²) in [5, 5.41) is 6.35. The van der Waals surface area contributed by atoms with Gasteiger partial charge in [-0.25, -0.2) is 4.79 Å². The monoisotopic (exact) mass is 290 g/mol. The molecule has 1 fully saturated rings. The molecule has 1 aliphatic rings. The molecule has 4 heteroatoms. The number of nitrogens with one attached hydrogen (secondary N) is 2. The van der Waals surface area contributed by atoms with Gasteiger partial charge < -0.3 is 15.4 Å². The topological polar surface area (TPSA) is 50.4 Å². The summed E-state index contributed by atoms with van der Waals surface area (Å²) in [5.41, 5.74) is 0.940. The Hall–Kier alpha value is -1.55. The zero-order valence-corrected chi connectivity index (χ0v) is 13.2. The zero-order chi connectivity index (χ0) is 15.3. The second kappa shape index (κ2) is 6.48. The van der Waals surface area contributed by atoms with Crippen LogP contribution in [0, 0.1) is 5.41 Å². The lowest BCUT2D eigenvalue weighted by Crippen LogP contribution is -2.42. The molecule has 1 amide bonds. The van der Waals surface area contributed by atoms with Crippen LogP contribution in [0.25, 0.3) is 0 Å². The fourth-order valence-electron chi connectivity index (χ4n) is 2.76. The summed E-state index contributed by atoms with van der Waals surface area (Å²) in [6, 6.07) is 10.4. The number of carbonyl (C=O) groups excluding carboxylic acids is 1. The van der Waals surface area contributed by atoms with Crippen LogP contribution < -0.4 is 10.6 Å². The normalized spacial score (nSPS) is 22.0. The van der Waals surface area contributed by atoms with E-state index >= 15 is 0 Å². The lowest BCUT2D eigenvalue weighted by Gasteiger charge is -2.29. The molecule has 1 saturated heterocycles. The number of hydrogen-bond acceptors (Lipinski definition) is 3. The molecule has 0 spiro atoms. The predicted molar refractivity (Wildman–Crippen MR) is 84.3 cm³/mol. The predicted octanol–water partition coefficient (Wildman–Crippen LogP) is 2.73. The minimum Gasteiger partial charge on any atom is -0.444 e. The van der Waals surface area contributed by atoms with Crippen molar-refractivity contribution in [3.05, 3.63) is 35.9 Å². The van der Waals surface area contributed by atoms with E-state index < -0.39 is 5.60 Å². The lowest BCUT2D eigenvalue weighted by molar-refractivity contribution is 0.0503. The van der Waals surface area contributed by atoms with E-state index in [2.05, 4.69) is 34.9 Å². The molecule has 116 valence electrons. The first-order chi connectivity index (χ1) is 9.89. The van der Waals surface area contributed by atoms with Gasteiger partial charge in [-0.15, -0.1) is 0 Å². The van der Waals surface area contributed by atoms with E-state index in [1.165, 1.54) is 5.56 Å². The van der Waals surface area contributed by atoms with Crippen LogP contribution in [0.5, 0.6) is 0 Å². The summed E-state index contributed by atoms with van der Waals surface area (Å²) in [6.07, 6.45) is 1.70. The zero-order valence-electron chi connectivity index (χ0n) is 13.2. The number of ether oxygens (including phenoxy) is 1. The Morgan fingerprint density at radius 3 is 2.62 bits per heavy atom. The van der Waals surface area contributed by atoms with Crippen LogP contribution in [-0.2, 0) is 11.2 Å². The molecule has 1 aromatic carbocycles. The molecule has 0 saturated carbocycles. The fraction of sp³-hybridized carbons (Fsp3) is 0.588. The first kappa shape index (κ1) is 15.8. The van der Waals surface area contributed by atoms with Gasteiger partial charge in [0.05, 0.1) is 0 Å². The van der Waals surface area contributed by atoms with Gasteiger partial charge in [0, 0.05) is 18.5 Å². The van der Waals surface area contributed by atoms with Crippen LogP contribution in [-0.4, -0.2) is 31.3 Å². The Morgan fingerprint density at radius 1 is 1.33 bits per heavy atom. The largest absolute Gasteiger partial charge is 0.444 e. The molecule has 1 heterocycles. The van der Waals surface area contributed by atoms with Crippen molar-refractivity contribution in [3.63, 3.8) is 0 Å². The van der Waals surface area contributed by atoms with Crippen LogP contribution >= 0.6 is 0 Å². The number of carbonyl (C=O) groups is 1. The second-order valence-electron chi connectivity index (χ2n) is 6.94. The molecule has 0 bridgehead atoms. The molecule has 0 aliphatic carbocycles. The number of rotatable bonds is 4. The molecule has 1 atom stereocenters. The minimum atomic E-state index is -0.454. The molecular formula is C17H26N2O2. The lowest BCUT2D eigenvalue weighted by atomic mass is 9.80. The third-order valence-corrected chi connectivity index (χ3v) is 3.76. The average Bonchev–Trinajstić information content (AvgIpc) is 2.85. The van der Waals surface area contributed by atoms with Gasteiger partial charge in [-0.05, 0) is 45.7 Å². The molecular weight excluding hydrogens is 264 g/mol. The smallest absolute Gasteiger partial charge is 0.407 e. The summed E-state index contributed by atoms with van der Waals surface area (Å²) in [7, 11) is 0. The summed E-state index contributed by atoms with van der Waals surface area (Å²) in [5.74, 6) is 0. The SMILES string of the molecule is CC(C)(C)OC(=O)NCC1(Cc2ccccc2)CCNC1. The van der Waals surface area contributed by atoms with Gasteiger partial charge in [0.1, 0.15) is 5.60 Å². The van der Waals surface area contributed by atoms with Gasteiger partial charge >= 0.3 is 6.09 Å². The highest BCUT2D eigenvalue weighted by Gasteiger charge is 2.34. The Kier molecular flexibility index (Phi) is 4.88. The van der Waals surface area contributed by atoms with Gasteiger partial charge in [-0.3, -0.25) is 0 Å². The van der Waals surface area contributed by atoms with Crippen LogP contribution in [0.1, 0.15) is 32.8 Å². The van der Waals surface area contributed by atoms with Crippen molar-refractivity contribution in [3.8, 4) is 0 Å². The molecule has 0 radical (unpaired) electrons. The highest BCUT2D eigenvalue weighted by molar-refractivity contribution is 5.67. The van der Waals surface area contributed by atoms with E-state index in [0.29, 0.717) is 6.54 Å². The molecule has 4 nitrogen and oxygen atoms in total. The number of amides is 1. The molecule has 2 N–H and O–H groups in total. The van der Waals surface area contributed by atoms with Crippen molar-refractivity contribution in [1.82, 2.24) is 10.6 Å². The van der Waals surface area contributed by atoms with E-state index in [9.17, 15) is 4.79 Å². The van der Waals surface area contributed by atoms with E-state index in [1.54, 1.807) is 0 Å². The Bertz CT molecular complexity index is 459. The third-order valence-electron chi connectivity index (χ3n) is 3.76. The van der Waals surface area contributed by atoms with Gasteiger partial charge in [-0.1, -0.05) is 30.3 Å². The van der Waals surface area contributed by atoms with E-state index in [-0.39, 0.29) is 11.5 Å². The summed E-state index contributed by atoms with van der Waals surface area (Å²) in [4.78, 5) is 11.9. The van der Waals surface area contributed by atoms with Crippen molar-refractivity contribution in [2.75, 3.05) is 19.6 Å². The maximum Gasteiger partial charge on any atom is 0.407 e. The van der Waals surface area contributed by atoms with Crippen LogP contribution in [0.2, 0.25) is 0 Å². The van der Waals surface area contributed by atoms with Crippen molar-refractivity contribution < 1.29 is 9.53 Å². The van der Waals surface area contributed by atoms with Crippen LogP contribution in [0.15, 0.2) is 30.3 Å². The maximum absolute atomic E-state index is 11.9. The number of benzene rings is 1. The Labute approximate surface area is 127 Å². The van der Waals surface area contributed by atoms with Crippen molar-refractivity contribution >= 4 is 6.09 Å². The van der Waals surface area contributed by atoms with Gasteiger partial charge in [0.25, 0.3) is 0 Å². The van der Waals surface area contributed by atoms with Crippen LogP contribution in [0.4, 0.5) is 4.79 Å². The van der Waals surface area contributed by atoms with Gasteiger partial charge in [0.15, 0.2) is 0 Å². The summed E-state index contributed by atoms with van der Waals surface area (Å²) >= 11 is 0. The quantitative estimate of drug-likeness (QED) is 0.896. The van der Waals surface area contributed by atoms with Gasteiger partial charge in [-0.2, -0.15) is 0 Å². The maximum atomic E-state index is 11.9. The molecule has 0 aromatic heterocycles. The number of hydrogen-bond donors (Lipinski definition) is 2. The first-order valence-corrected chi connectivity index (χ1v) is 7.60. The molecule has 1 unspecified atom stereocenters. The average molecular weight is 290 g/mol. The van der Waals surface area contributed by atoms with E-state index in [1.807, 2.05) is 26.8 Å². The summed E-state index contributed by atoms with van der Waals surface area (Å²) < 4.78 is 5.32. The summed E-state index contributed by atoms with van der Waals surface area (Å²) in [6.45, 7) is 8.21. The van der Waals surface area contributed by atoms with E-state index in [4.69, 9.17) is 4.74 Å². The van der Waals surface area contributed by atoms with Gasteiger partial charge in [0.2, 0.25) is 0 Å². The highest BCUT2D eigenvalue weighted by Crippen LogP contribution is 2.29. The first-order valence-electron chi connectivity index (χ1n) is 7.60. The molecule has 2 rings (SSSR count). The van der Waals surface area contributed by atoms with Crippen molar-refractivity contribution in [2.24, 2.45) is 5.41 Å². The molecule has 1 aliphatic heterocycles. The van der Waals surface area contributed by atoms with E-state index in [0.717, 1.165) is 25.9 Å². The van der Waals surface area contributed by atoms with Crippen LogP contribution in [0.3, 0.4) is 0 Å². The Morgan fingerprint density at radius 2 is 2.05 bits per heavy atom. The third kappa shape index (κ3) is 5.05. The van der Waals surface area contributed by atoms with Crippen molar-refractivity contribution in [2.45, 2.75) is 39.2 Å². The molecule has 21 heavy (non-hydrogen) atoms.